The number of rotatable bonds is 4. The van der Waals surface area contributed by atoms with E-state index in [1.807, 2.05) is 6.92 Å². The highest BCUT2D eigenvalue weighted by Gasteiger charge is 2.39. The van der Waals surface area contributed by atoms with Gasteiger partial charge in [0.05, 0.1) is 7.11 Å². The van der Waals surface area contributed by atoms with Crippen LogP contribution in [0.15, 0.2) is 17.0 Å². The van der Waals surface area contributed by atoms with Crippen LogP contribution in [0.4, 0.5) is 4.39 Å². The van der Waals surface area contributed by atoms with Crippen molar-refractivity contribution in [2.24, 2.45) is 0 Å². The minimum absolute atomic E-state index is 0.115. The molecule has 0 heterocycles. The van der Waals surface area contributed by atoms with Crippen molar-refractivity contribution in [1.29, 1.82) is 0 Å². The normalized spacial score (nSPS) is 16.6. The second kappa shape index (κ2) is 4.89. The lowest BCUT2D eigenvalue weighted by atomic mass is 10.1. The average Bonchev–Trinajstić information content (AvgIpc) is 3.04. The molecule has 1 aromatic carbocycles. The lowest BCUT2D eigenvalue weighted by Gasteiger charge is -2.13. The molecular weight excluding hydrogens is 309 g/mol. The molecule has 1 saturated carbocycles. The Labute approximate surface area is 120 Å². The maximum absolute atomic E-state index is 13.8. The maximum atomic E-state index is 13.8. The molecule has 2 rings (SSSR count). The van der Waals surface area contributed by atoms with Gasteiger partial charge in [-0.05, 0) is 31.9 Å². The van der Waals surface area contributed by atoms with Gasteiger partial charge in [0.2, 0.25) is 0 Å². The minimum Gasteiger partial charge on any atom is -0.492 e. The summed E-state index contributed by atoms with van der Waals surface area (Å²) in [6.07, 6.45) is 1.66. The van der Waals surface area contributed by atoms with Crippen LogP contribution in [-0.2, 0) is 9.05 Å². The number of carbonyl (C=O) groups excluding carboxylic acids is 1. The third kappa shape index (κ3) is 3.04. The molecule has 0 aliphatic heterocycles. The Bertz CT molecular complexity index is 670. The van der Waals surface area contributed by atoms with Gasteiger partial charge >= 0.3 is 0 Å². The van der Waals surface area contributed by atoms with Crippen molar-refractivity contribution in [3.63, 3.8) is 0 Å². The second-order valence-corrected chi connectivity index (χ2v) is 7.48. The van der Waals surface area contributed by atoms with Gasteiger partial charge in [-0.15, -0.1) is 0 Å². The zero-order chi connectivity index (χ0) is 15.1. The van der Waals surface area contributed by atoms with Crippen molar-refractivity contribution < 1.29 is 22.3 Å². The summed E-state index contributed by atoms with van der Waals surface area (Å²) in [4.78, 5) is 11.4. The van der Waals surface area contributed by atoms with Gasteiger partial charge < -0.3 is 10.1 Å². The first kappa shape index (κ1) is 15.1. The summed E-state index contributed by atoms with van der Waals surface area (Å²) < 4.78 is 41.4. The molecule has 0 atom stereocenters. The number of benzene rings is 1. The monoisotopic (exact) mass is 321 g/mol. The van der Waals surface area contributed by atoms with Crippen LogP contribution in [0.2, 0.25) is 0 Å². The summed E-state index contributed by atoms with van der Waals surface area (Å²) in [6, 6.07) is 1.93. The third-order valence-corrected chi connectivity index (χ3v) is 4.48. The number of ether oxygens (including phenoxy) is 1. The number of carbonyl (C=O) groups is 1. The van der Waals surface area contributed by atoms with Gasteiger partial charge in [0, 0.05) is 21.8 Å². The van der Waals surface area contributed by atoms with Crippen molar-refractivity contribution in [2.75, 3.05) is 7.11 Å². The first-order chi connectivity index (χ1) is 9.16. The van der Waals surface area contributed by atoms with E-state index in [0.29, 0.717) is 0 Å². The second-order valence-electron chi connectivity index (χ2n) is 4.94. The standard InChI is InChI=1S/C12H13ClFNO4S/c1-12(3-4-12)15-11(16)7-5-8(14)10(19-2)9(6-7)20(13,17)18/h5-6H,3-4H2,1-2H3,(H,15,16). The number of amides is 1. The maximum Gasteiger partial charge on any atom is 0.265 e. The smallest absolute Gasteiger partial charge is 0.265 e. The predicted octanol–water partition coefficient (Wildman–Crippen LogP) is 2.04. The molecular formula is C12H13ClFNO4S. The topological polar surface area (TPSA) is 72.5 Å². The van der Waals surface area contributed by atoms with Crippen LogP contribution in [0.5, 0.6) is 5.75 Å². The number of methoxy groups -OCH3 is 1. The minimum atomic E-state index is -4.22. The van der Waals surface area contributed by atoms with E-state index in [4.69, 9.17) is 10.7 Å². The number of hydrogen-bond donors (Lipinski definition) is 1. The Morgan fingerprint density at radius 3 is 2.50 bits per heavy atom. The molecule has 1 amide bonds. The Morgan fingerprint density at radius 1 is 1.45 bits per heavy atom. The first-order valence-electron chi connectivity index (χ1n) is 5.81. The summed E-state index contributed by atoms with van der Waals surface area (Å²) >= 11 is 0. The van der Waals surface area contributed by atoms with Crippen LogP contribution in [0, 0.1) is 5.82 Å². The van der Waals surface area contributed by atoms with E-state index in [1.165, 1.54) is 0 Å². The number of nitrogens with one attached hydrogen (secondary N) is 1. The van der Waals surface area contributed by atoms with Crippen molar-refractivity contribution >= 4 is 25.6 Å². The Balaban J connectivity index is 2.45. The molecule has 0 bridgehead atoms. The molecule has 20 heavy (non-hydrogen) atoms. The van der Waals surface area contributed by atoms with Crippen LogP contribution in [0.1, 0.15) is 30.1 Å². The molecule has 0 radical (unpaired) electrons. The molecule has 0 spiro atoms. The zero-order valence-corrected chi connectivity index (χ0v) is 12.4. The van der Waals surface area contributed by atoms with Crippen molar-refractivity contribution in [3.8, 4) is 5.75 Å². The van der Waals surface area contributed by atoms with Crippen LogP contribution >= 0.6 is 10.7 Å². The van der Waals surface area contributed by atoms with Gasteiger partial charge in [0.25, 0.3) is 15.0 Å². The van der Waals surface area contributed by atoms with Gasteiger partial charge in [-0.1, -0.05) is 0 Å². The SMILES string of the molecule is COc1c(F)cc(C(=O)NC2(C)CC2)cc1S(=O)(=O)Cl. The van der Waals surface area contributed by atoms with Crippen LogP contribution < -0.4 is 10.1 Å². The first-order valence-corrected chi connectivity index (χ1v) is 8.12. The molecule has 1 aliphatic carbocycles. The quantitative estimate of drug-likeness (QED) is 0.861. The van der Waals surface area contributed by atoms with Gasteiger partial charge in [-0.2, -0.15) is 0 Å². The highest BCUT2D eigenvalue weighted by atomic mass is 35.7. The fourth-order valence-corrected chi connectivity index (χ4v) is 2.75. The van der Waals surface area contributed by atoms with Gasteiger partial charge in [0.1, 0.15) is 4.90 Å². The summed E-state index contributed by atoms with van der Waals surface area (Å²) in [7, 11) is 2.13. The van der Waals surface area contributed by atoms with E-state index in [9.17, 15) is 17.6 Å². The molecule has 1 aromatic rings. The summed E-state index contributed by atoms with van der Waals surface area (Å²) in [5.41, 5.74) is -0.413. The Kier molecular flexibility index (Phi) is 3.68. The molecule has 1 aliphatic rings. The third-order valence-electron chi connectivity index (χ3n) is 3.15. The van der Waals surface area contributed by atoms with Gasteiger partial charge in [0.15, 0.2) is 11.6 Å². The van der Waals surface area contributed by atoms with Gasteiger partial charge in [-0.3, -0.25) is 4.79 Å². The van der Waals surface area contributed by atoms with Crippen LogP contribution in [0.3, 0.4) is 0 Å². The molecule has 0 unspecified atom stereocenters. The van der Waals surface area contributed by atoms with Gasteiger partial charge in [-0.25, -0.2) is 12.8 Å². The summed E-state index contributed by atoms with van der Waals surface area (Å²) in [5, 5.41) is 2.71. The van der Waals surface area contributed by atoms with Crippen molar-refractivity contribution in [1.82, 2.24) is 5.32 Å². The van der Waals surface area contributed by atoms with Crippen molar-refractivity contribution in [3.05, 3.63) is 23.5 Å². The van der Waals surface area contributed by atoms with E-state index >= 15 is 0 Å². The number of halogens is 2. The Morgan fingerprint density at radius 2 is 2.05 bits per heavy atom. The molecule has 1 fully saturated rings. The van der Waals surface area contributed by atoms with E-state index in [1.54, 1.807) is 0 Å². The highest BCUT2D eigenvalue weighted by Crippen LogP contribution is 2.35. The van der Waals surface area contributed by atoms with Crippen molar-refractivity contribution in [2.45, 2.75) is 30.2 Å². The zero-order valence-electron chi connectivity index (χ0n) is 10.9. The fourth-order valence-electron chi connectivity index (χ4n) is 1.74. The summed E-state index contributed by atoms with van der Waals surface area (Å²) in [6.45, 7) is 1.85. The largest absolute Gasteiger partial charge is 0.492 e. The molecule has 8 heteroatoms. The van der Waals surface area contributed by atoms with E-state index in [-0.39, 0.29) is 11.1 Å². The lowest BCUT2D eigenvalue weighted by molar-refractivity contribution is 0.0934. The van der Waals surface area contributed by atoms with Crippen LogP contribution in [0.25, 0.3) is 0 Å². The highest BCUT2D eigenvalue weighted by molar-refractivity contribution is 8.13. The Hall–Kier alpha value is -1.34. The lowest BCUT2D eigenvalue weighted by Crippen LogP contribution is -2.34. The molecule has 0 saturated heterocycles. The molecule has 1 N–H and O–H groups in total. The molecule has 5 nitrogen and oxygen atoms in total. The van der Waals surface area contributed by atoms with E-state index in [2.05, 4.69) is 10.1 Å². The molecule has 110 valence electrons. The molecule has 0 aromatic heterocycles. The van der Waals surface area contributed by atoms with E-state index in [0.717, 1.165) is 32.1 Å². The average molecular weight is 322 g/mol. The summed E-state index contributed by atoms with van der Waals surface area (Å²) in [5.74, 6) is -2.01. The predicted molar refractivity (Wildman–Crippen MR) is 71.1 cm³/mol. The van der Waals surface area contributed by atoms with Crippen LogP contribution in [-0.4, -0.2) is 27.0 Å². The fraction of sp³-hybridized carbons (Fsp3) is 0.417. The van der Waals surface area contributed by atoms with E-state index < -0.39 is 31.4 Å². The number of hydrogen-bond acceptors (Lipinski definition) is 4.